The maximum Gasteiger partial charge on any atom is 2.00 e. The van der Waals surface area contributed by atoms with E-state index in [2.05, 4.69) is 13.8 Å². The van der Waals surface area contributed by atoms with E-state index in [1.807, 2.05) is 48.5 Å². The van der Waals surface area contributed by atoms with Crippen LogP contribution >= 0.6 is 0 Å². The van der Waals surface area contributed by atoms with Crippen LogP contribution in [0.1, 0.15) is 141 Å². The first-order chi connectivity index (χ1) is 27.0. The van der Waals surface area contributed by atoms with Crippen molar-refractivity contribution < 1.29 is 35.4 Å². The summed E-state index contributed by atoms with van der Waals surface area (Å²) in [5, 5.41) is 0. The van der Waals surface area contributed by atoms with Gasteiger partial charge in [0.15, 0.2) is 0 Å². The van der Waals surface area contributed by atoms with Gasteiger partial charge in [0.25, 0.3) is 0 Å². The fourth-order valence-electron chi connectivity index (χ4n) is 6.46. The average Bonchev–Trinajstić information content (AvgIpc) is 3.18. The Balaban J connectivity index is 0.000000387. The molecule has 0 radical (unpaired) electrons. The summed E-state index contributed by atoms with van der Waals surface area (Å²) in [4.78, 5) is -0.678. The number of rotatable bonds is 26. The third-order valence-corrected chi connectivity index (χ3v) is 11.4. The summed E-state index contributed by atoms with van der Waals surface area (Å²) in [6.07, 6.45) is 25.7. The molecular weight excluding hydrogens is 785 g/mol. The van der Waals surface area contributed by atoms with E-state index in [1.165, 1.54) is 163 Å². The van der Waals surface area contributed by atoms with Crippen molar-refractivity contribution >= 4 is 58.0 Å². The topological polar surface area (TPSA) is 133 Å². The Kier molecular flexibility index (Phi) is 25.7. The summed E-state index contributed by atoms with van der Waals surface area (Å²) in [5.74, 6) is 1.16. The molecule has 4 aromatic rings. The largest absolute Gasteiger partial charge is 2.00 e. The van der Waals surface area contributed by atoms with Crippen LogP contribution < -0.4 is 9.47 Å². The van der Waals surface area contributed by atoms with Crippen LogP contribution in [0.3, 0.4) is 0 Å². The fraction of sp³-hybridized carbons (Fsp3) is 0.478. The van der Waals surface area contributed by atoms with Gasteiger partial charge in [-0.3, -0.25) is 0 Å². The summed E-state index contributed by atoms with van der Waals surface area (Å²) in [6, 6.07) is 27.0. The minimum atomic E-state index is -4.56. The van der Waals surface area contributed by atoms with E-state index in [1.54, 1.807) is 12.1 Å². The second kappa shape index (κ2) is 28.9. The minimum absolute atomic E-state index is 0. The van der Waals surface area contributed by atoms with Gasteiger partial charge < -0.3 is 18.6 Å². The van der Waals surface area contributed by atoms with Crippen molar-refractivity contribution in [2.45, 2.75) is 152 Å². The van der Waals surface area contributed by atoms with Gasteiger partial charge in [-0.1, -0.05) is 165 Å². The molecule has 0 aliphatic carbocycles. The molecule has 0 unspecified atom stereocenters. The van der Waals surface area contributed by atoms with Crippen molar-refractivity contribution in [1.29, 1.82) is 0 Å². The van der Waals surface area contributed by atoms with E-state index in [-0.39, 0.29) is 59.0 Å². The van der Waals surface area contributed by atoms with Crippen molar-refractivity contribution in [1.82, 2.24) is 0 Å². The van der Waals surface area contributed by atoms with Crippen LogP contribution in [0.25, 0.3) is 0 Å². The smallest absolute Gasteiger partial charge is 0.744 e. The number of hydrogen-bond acceptors (Lipinski definition) is 8. The Morgan fingerprint density at radius 1 is 0.404 bits per heavy atom. The third-order valence-electron chi connectivity index (χ3n) is 9.68. The number of aryl methyl sites for hydroxylation is 2. The number of hydrogen-bond donors (Lipinski definition) is 0. The molecule has 0 bridgehead atoms. The van der Waals surface area contributed by atoms with E-state index < -0.39 is 20.2 Å². The summed E-state index contributed by atoms with van der Waals surface area (Å²) in [6.45, 7) is 4.49. The van der Waals surface area contributed by atoms with Gasteiger partial charge in [-0.25, -0.2) is 16.8 Å². The molecule has 0 N–H and O–H groups in total. The summed E-state index contributed by atoms with van der Waals surface area (Å²) < 4.78 is 79.1. The minimum Gasteiger partial charge on any atom is -0.744 e. The van der Waals surface area contributed by atoms with Gasteiger partial charge in [-0.2, -0.15) is 0 Å². The SMILES string of the molecule is CCCCCCCCCCCc1ccc(Oc2ccccc2S(=O)(=O)[O-])cc1.CCCCCCCCCCCc1ccc(Oc2ccccc2S(=O)(=O)[O-])cc1.[Ca+2]. The van der Waals surface area contributed by atoms with Gasteiger partial charge in [0.1, 0.15) is 43.2 Å². The molecule has 8 nitrogen and oxygen atoms in total. The van der Waals surface area contributed by atoms with Crippen LogP contribution in [0.2, 0.25) is 0 Å². The first-order valence-corrected chi connectivity index (χ1v) is 23.5. The zero-order valence-electron chi connectivity index (χ0n) is 34.2. The molecule has 0 aliphatic heterocycles. The van der Waals surface area contributed by atoms with Gasteiger partial charge in [0.2, 0.25) is 0 Å². The van der Waals surface area contributed by atoms with Crippen LogP contribution in [-0.2, 0) is 33.1 Å². The normalized spacial score (nSPS) is 11.3. The van der Waals surface area contributed by atoms with Crippen molar-refractivity contribution in [3.8, 4) is 23.0 Å². The van der Waals surface area contributed by atoms with Crippen molar-refractivity contribution in [3.63, 3.8) is 0 Å². The van der Waals surface area contributed by atoms with E-state index in [4.69, 9.17) is 9.47 Å². The molecule has 0 atom stereocenters. The Morgan fingerprint density at radius 2 is 0.684 bits per heavy atom. The zero-order chi connectivity index (χ0) is 40.5. The molecule has 11 heteroatoms. The number of unbranched alkanes of at least 4 members (excludes halogenated alkanes) is 16. The standard InChI is InChI=1S/2C23H32O4S.Ca/c2*1-2-3-4-5-6-7-8-9-10-13-20-16-18-21(19-17-20)27-22-14-11-12-15-23(22)28(24,25)26;/h2*11-12,14-19H,2-10,13H2,1H3,(H,24,25,26);/q;;+2/p-2. The molecular formula is C46H62CaO8S2. The molecule has 0 aromatic heterocycles. The van der Waals surface area contributed by atoms with E-state index in [9.17, 15) is 25.9 Å². The second-order valence-corrected chi connectivity index (χ2v) is 17.1. The zero-order valence-corrected chi connectivity index (χ0v) is 38.0. The Morgan fingerprint density at radius 3 is 0.982 bits per heavy atom. The third kappa shape index (κ3) is 21.4. The number of benzene rings is 4. The molecule has 0 fully saturated rings. The number of ether oxygens (including phenoxy) is 2. The number of para-hydroxylation sites is 2. The van der Waals surface area contributed by atoms with Gasteiger partial charge in [0.05, 0.1) is 9.79 Å². The molecule has 0 spiro atoms. The molecule has 0 saturated heterocycles. The molecule has 57 heavy (non-hydrogen) atoms. The summed E-state index contributed by atoms with van der Waals surface area (Å²) >= 11 is 0. The molecule has 4 rings (SSSR count). The molecule has 0 heterocycles. The van der Waals surface area contributed by atoms with Crippen LogP contribution in [0.4, 0.5) is 0 Å². The Hall–Kier alpha value is -2.44. The van der Waals surface area contributed by atoms with Crippen LogP contribution in [0, 0.1) is 0 Å². The predicted molar refractivity (Wildman–Crippen MR) is 229 cm³/mol. The molecule has 4 aromatic carbocycles. The molecule has 0 saturated carbocycles. The van der Waals surface area contributed by atoms with E-state index in [0.29, 0.717) is 11.5 Å². The maximum atomic E-state index is 11.3. The quantitative estimate of drug-likeness (QED) is 0.0346. The van der Waals surface area contributed by atoms with Crippen LogP contribution in [0.5, 0.6) is 23.0 Å². The van der Waals surface area contributed by atoms with Crippen molar-refractivity contribution in [2.24, 2.45) is 0 Å². The molecule has 0 amide bonds. The van der Waals surface area contributed by atoms with Gasteiger partial charge in [-0.05, 0) is 85.3 Å². The van der Waals surface area contributed by atoms with Gasteiger partial charge in [0, 0.05) is 0 Å². The Labute approximate surface area is 373 Å². The van der Waals surface area contributed by atoms with E-state index in [0.717, 1.165) is 12.8 Å². The molecule has 308 valence electrons. The summed E-state index contributed by atoms with van der Waals surface area (Å²) in [7, 11) is -9.13. The predicted octanol–water partition coefficient (Wildman–Crippen LogP) is 12.5. The summed E-state index contributed by atoms with van der Waals surface area (Å²) in [5.41, 5.74) is 2.47. The van der Waals surface area contributed by atoms with Gasteiger partial charge >= 0.3 is 37.7 Å². The van der Waals surface area contributed by atoms with Crippen LogP contribution in [-0.4, -0.2) is 63.7 Å². The Bertz CT molecular complexity index is 1740. The maximum absolute atomic E-state index is 11.3. The van der Waals surface area contributed by atoms with E-state index >= 15 is 0 Å². The monoisotopic (exact) mass is 846 g/mol. The first-order valence-electron chi connectivity index (χ1n) is 20.6. The first kappa shape index (κ1) is 50.7. The van der Waals surface area contributed by atoms with Crippen molar-refractivity contribution in [3.05, 3.63) is 108 Å². The second-order valence-electron chi connectivity index (χ2n) is 14.5. The average molecular weight is 847 g/mol. The fourth-order valence-corrected chi connectivity index (χ4v) is 7.67. The van der Waals surface area contributed by atoms with Crippen LogP contribution in [0.15, 0.2) is 107 Å². The van der Waals surface area contributed by atoms with Gasteiger partial charge in [-0.15, -0.1) is 0 Å². The molecule has 0 aliphatic rings. The van der Waals surface area contributed by atoms with Crippen molar-refractivity contribution in [2.75, 3.05) is 0 Å².